The molecular formula is C13H17N3O3S. The summed E-state index contributed by atoms with van der Waals surface area (Å²) < 4.78 is 4.92. The van der Waals surface area contributed by atoms with Crippen LogP contribution in [0.3, 0.4) is 0 Å². The van der Waals surface area contributed by atoms with Gasteiger partial charge in [0.2, 0.25) is 0 Å². The fourth-order valence-corrected chi connectivity index (χ4v) is 2.89. The minimum Gasteiger partial charge on any atom is -0.397 e. The molecule has 0 radical (unpaired) electrons. The molecule has 2 rings (SSSR count). The second-order valence-electron chi connectivity index (χ2n) is 4.46. The average Bonchev–Trinajstić information content (AvgIpc) is 2.74. The van der Waals surface area contributed by atoms with Gasteiger partial charge in [-0.1, -0.05) is 0 Å². The maximum absolute atomic E-state index is 12.2. The van der Waals surface area contributed by atoms with E-state index in [-0.39, 0.29) is 19.1 Å². The summed E-state index contributed by atoms with van der Waals surface area (Å²) in [5, 5.41) is 12.6. The van der Waals surface area contributed by atoms with Crippen molar-refractivity contribution in [1.29, 1.82) is 0 Å². The number of aryl methyl sites for hydroxylation is 1. The lowest BCUT2D eigenvalue weighted by Gasteiger charge is -2.14. The molecule has 0 saturated heterocycles. The Kier molecular flexibility index (Phi) is 4.53. The molecule has 0 aromatic carbocycles. The van der Waals surface area contributed by atoms with Gasteiger partial charge in [0.05, 0.1) is 24.9 Å². The smallest absolute Gasteiger partial charge is 0.263 e. The van der Waals surface area contributed by atoms with Crippen molar-refractivity contribution in [2.75, 3.05) is 26.1 Å². The fourth-order valence-electron chi connectivity index (χ4n) is 1.85. The summed E-state index contributed by atoms with van der Waals surface area (Å²) in [5.74, 6) is -0.320. The van der Waals surface area contributed by atoms with E-state index >= 15 is 0 Å². The Bertz CT molecular complexity index is 627. The first-order chi connectivity index (χ1) is 9.56. The zero-order valence-electron chi connectivity index (χ0n) is 11.3. The summed E-state index contributed by atoms with van der Waals surface area (Å²) in [6.07, 6.45) is 0. The van der Waals surface area contributed by atoms with Gasteiger partial charge in [0.15, 0.2) is 0 Å². The predicted octanol–water partition coefficient (Wildman–Crippen LogP) is 0.924. The van der Waals surface area contributed by atoms with Gasteiger partial charge in [-0.25, -0.2) is 4.98 Å². The van der Waals surface area contributed by atoms with Crippen LogP contribution in [-0.4, -0.2) is 42.4 Å². The first kappa shape index (κ1) is 14.7. The van der Waals surface area contributed by atoms with Crippen molar-refractivity contribution in [2.24, 2.45) is 0 Å². The number of methoxy groups -OCH3 is 1. The number of aliphatic hydroxyl groups excluding tert-OH is 1. The van der Waals surface area contributed by atoms with Crippen molar-refractivity contribution >= 4 is 33.1 Å². The number of rotatable bonds is 5. The van der Waals surface area contributed by atoms with E-state index in [4.69, 9.17) is 15.6 Å². The SMILES string of the molecule is COCC(CO)NC(=O)c1sc2nc(C)ccc2c1N. The molecule has 4 N–H and O–H groups in total. The van der Waals surface area contributed by atoms with Gasteiger partial charge in [-0.2, -0.15) is 0 Å². The molecule has 0 aliphatic rings. The summed E-state index contributed by atoms with van der Waals surface area (Å²) >= 11 is 1.25. The lowest BCUT2D eigenvalue weighted by Crippen LogP contribution is -2.40. The lowest BCUT2D eigenvalue weighted by atomic mass is 10.2. The number of aromatic nitrogens is 1. The number of thiophene rings is 1. The van der Waals surface area contributed by atoms with Crippen LogP contribution in [0.15, 0.2) is 12.1 Å². The number of hydrogen-bond donors (Lipinski definition) is 3. The molecule has 0 aliphatic carbocycles. The number of nitrogens with zero attached hydrogens (tertiary/aromatic N) is 1. The van der Waals surface area contributed by atoms with Crippen molar-refractivity contribution in [3.05, 3.63) is 22.7 Å². The number of anilines is 1. The molecule has 108 valence electrons. The molecule has 20 heavy (non-hydrogen) atoms. The lowest BCUT2D eigenvalue weighted by molar-refractivity contribution is 0.0844. The van der Waals surface area contributed by atoms with Gasteiger partial charge in [-0.3, -0.25) is 4.79 Å². The third kappa shape index (κ3) is 2.90. The van der Waals surface area contributed by atoms with Crippen LogP contribution in [0, 0.1) is 6.92 Å². The molecule has 0 fully saturated rings. The van der Waals surface area contributed by atoms with Crippen LogP contribution < -0.4 is 11.1 Å². The summed E-state index contributed by atoms with van der Waals surface area (Å²) in [7, 11) is 1.51. The average molecular weight is 295 g/mol. The van der Waals surface area contributed by atoms with E-state index < -0.39 is 6.04 Å². The number of carbonyl (C=O) groups excluding carboxylic acids is 1. The maximum atomic E-state index is 12.2. The van der Waals surface area contributed by atoms with Gasteiger partial charge in [0.25, 0.3) is 5.91 Å². The third-order valence-corrected chi connectivity index (χ3v) is 3.98. The highest BCUT2D eigenvalue weighted by Gasteiger charge is 2.19. The van der Waals surface area contributed by atoms with E-state index in [0.717, 1.165) is 15.9 Å². The van der Waals surface area contributed by atoms with Gasteiger partial charge >= 0.3 is 0 Å². The number of pyridine rings is 1. The van der Waals surface area contributed by atoms with Gasteiger partial charge < -0.3 is 20.9 Å². The van der Waals surface area contributed by atoms with Crippen molar-refractivity contribution in [3.63, 3.8) is 0 Å². The zero-order valence-corrected chi connectivity index (χ0v) is 12.2. The number of aliphatic hydroxyl groups is 1. The summed E-state index contributed by atoms with van der Waals surface area (Å²) in [5.41, 5.74) is 7.29. The number of nitrogen functional groups attached to an aromatic ring is 1. The van der Waals surface area contributed by atoms with Crippen LogP contribution in [0.25, 0.3) is 10.2 Å². The molecule has 0 spiro atoms. The number of ether oxygens (including phenoxy) is 1. The van der Waals surface area contributed by atoms with E-state index in [2.05, 4.69) is 10.3 Å². The number of fused-ring (bicyclic) bond motifs is 1. The Balaban J connectivity index is 2.28. The number of hydrogen-bond acceptors (Lipinski definition) is 6. The normalized spacial score (nSPS) is 12.6. The highest BCUT2D eigenvalue weighted by Crippen LogP contribution is 2.32. The summed E-state index contributed by atoms with van der Waals surface area (Å²) in [4.78, 5) is 17.7. The largest absolute Gasteiger partial charge is 0.397 e. The molecule has 0 bridgehead atoms. The number of nitrogens with two attached hydrogens (primary N) is 1. The first-order valence-electron chi connectivity index (χ1n) is 6.13. The Morgan fingerprint density at radius 3 is 3.00 bits per heavy atom. The highest BCUT2D eigenvalue weighted by atomic mass is 32.1. The molecule has 2 aromatic heterocycles. The van der Waals surface area contributed by atoms with Crippen LogP contribution in [0.2, 0.25) is 0 Å². The molecule has 2 aromatic rings. The van der Waals surface area contributed by atoms with Crippen molar-refractivity contribution in [3.8, 4) is 0 Å². The molecule has 6 nitrogen and oxygen atoms in total. The van der Waals surface area contributed by atoms with Crippen molar-refractivity contribution < 1.29 is 14.6 Å². The molecule has 2 heterocycles. The van der Waals surface area contributed by atoms with Gasteiger partial charge in [-0.05, 0) is 19.1 Å². The highest BCUT2D eigenvalue weighted by molar-refractivity contribution is 7.21. The maximum Gasteiger partial charge on any atom is 0.263 e. The monoisotopic (exact) mass is 295 g/mol. The first-order valence-corrected chi connectivity index (χ1v) is 6.94. The van der Waals surface area contributed by atoms with Crippen LogP contribution in [-0.2, 0) is 4.74 Å². The number of carbonyl (C=O) groups is 1. The summed E-state index contributed by atoms with van der Waals surface area (Å²) in [6.45, 7) is 1.93. The van der Waals surface area contributed by atoms with Crippen LogP contribution >= 0.6 is 11.3 Å². The Hall–Kier alpha value is -1.70. The van der Waals surface area contributed by atoms with Crippen molar-refractivity contribution in [1.82, 2.24) is 10.3 Å². The minimum absolute atomic E-state index is 0.193. The van der Waals surface area contributed by atoms with Crippen molar-refractivity contribution in [2.45, 2.75) is 13.0 Å². The van der Waals surface area contributed by atoms with Gasteiger partial charge in [0, 0.05) is 18.2 Å². The van der Waals surface area contributed by atoms with Crippen LogP contribution in [0.4, 0.5) is 5.69 Å². The Labute approximate surface area is 120 Å². The summed E-state index contributed by atoms with van der Waals surface area (Å²) in [6, 6.07) is 3.26. The Morgan fingerprint density at radius 1 is 1.60 bits per heavy atom. The number of nitrogens with one attached hydrogen (secondary N) is 1. The molecular weight excluding hydrogens is 278 g/mol. The fraction of sp³-hybridized carbons (Fsp3) is 0.385. The third-order valence-electron chi connectivity index (χ3n) is 2.86. The van der Waals surface area contributed by atoms with E-state index in [1.807, 2.05) is 19.1 Å². The van der Waals surface area contributed by atoms with E-state index in [9.17, 15) is 4.79 Å². The van der Waals surface area contributed by atoms with E-state index in [0.29, 0.717) is 10.6 Å². The van der Waals surface area contributed by atoms with Crippen LogP contribution in [0.1, 0.15) is 15.4 Å². The zero-order chi connectivity index (χ0) is 14.7. The molecule has 7 heteroatoms. The molecule has 1 atom stereocenters. The standard InChI is InChI=1S/C13H17N3O3S/c1-7-3-4-9-10(14)11(20-13(9)15-7)12(18)16-8(5-17)6-19-2/h3-4,8,17H,5-6,14H2,1-2H3,(H,16,18). The molecule has 1 amide bonds. The Morgan fingerprint density at radius 2 is 2.35 bits per heavy atom. The van der Waals surface area contributed by atoms with Gasteiger partial charge in [-0.15, -0.1) is 11.3 Å². The number of amides is 1. The van der Waals surface area contributed by atoms with E-state index in [1.54, 1.807) is 0 Å². The molecule has 0 aliphatic heterocycles. The molecule has 0 saturated carbocycles. The van der Waals surface area contributed by atoms with E-state index in [1.165, 1.54) is 18.4 Å². The molecule has 1 unspecified atom stereocenters. The second-order valence-corrected chi connectivity index (χ2v) is 5.46. The second kappa shape index (κ2) is 6.17. The topological polar surface area (TPSA) is 97.5 Å². The van der Waals surface area contributed by atoms with Gasteiger partial charge in [0.1, 0.15) is 9.71 Å². The quantitative estimate of drug-likeness (QED) is 0.762. The minimum atomic E-state index is -0.452. The predicted molar refractivity (Wildman–Crippen MR) is 79.0 cm³/mol. The van der Waals surface area contributed by atoms with Crippen LogP contribution in [0.5, 0.6) is 0 Å².